The third-order valence-electron chi connectivity index (χ3n) is 3.62. The number of carbonyl (C=O) groups excluding carboxylic acids is 1. The van der Waals surface area contributed by atoms with Crippen molar-refractivity contribution in [2.45, 2.75) is 31.9 Å². The summed E-state index contributed by atoms with van der Waals surface area (Å²) in [5.41, 5.74) is 6.91. The van der Waals surface area contributed by atoms with Gasteiger partial charge in [-0.25, -0.2) is 0 Å². The first-order valence-electron chi connectivity index (χ1n) is 7.60. The summed E-state index contributed by atoms with van der Waals surface area (Å²) in [6, 6.07) is 4.84. The lowest BCUT2D eigenvalue weighted by molar-refractivity contribution is -0.143. The van der Waals surface area contributed by atoms with Crippen molar-refractivity contribution in [3.05, 3.63) is 41.1 Å². The first-order valence-corrected chi connectivity index (χ1v) is 7.60. The highest BCUT2D eigenvalue weighted by Gasteiger charge is 2.35. The second-order valence-electron chi connectivity index (χ2n) is 5.64. The molecule has 1 aromatic rings. The molecule has 9 heteroatoms. The fourth-order valence-electron chi connectivity index (χ4n) is 2.21. The molecule has 0 bridgehead atoms. The number of hydrogen-bond donors (Lipinski definition) is 5. The summed E-state index contributed by atoms with van der Waals surface area (Å²) in [4.78, 5) is 11.6. The number of nitriles is 1. The molecule has 1 unspecified atom stereocenters. The number of carbonyl (C=O) groups is 1. The lowest BCUT2D eigenvalue weighted by Gasteiger charge is -2.29. The van der Waals surface area contributed by atoms with Crippen molar-refractivity contribution in [1.82, 2.24) is 5.32 Å². The van der Waals surface area contributed by atoms with E-state index in [1.54, 1.807) is 6.07 Å². The van der Waals surface area contributed by atoms with Crippen LogP contribution in [-0.2, 0) is 4.79 Å². The minimum Gasteiger partial charge on any atom is -0.404 e. The second-order valence-corrected chi connectivity index (χ2v) is 5.64. The zero-order chi connectivity index (χ0) is 19.9. The van der Waals surface area contributed by atoms with E-state index >= 15 is 0 Å². The van der Waals surface area contributed by atoms with Crippen molar-refractivity contribution in [1.29, 1.82) is 16.1 Å². The van der Waals surface area contributed by atoms with Crippen LogP contribution in [0.25, 0.3) is 0 Å². The Bertz CT molecular complexity index is 763. The maximum absolute atomic E-state index is 13.2. The Morgan fingerprint density at radius 3 is 2.54 bits per heavy atom. The maximum atomic E-state index is 13.2. The van der Waals surface area contributed by atoms with E-state index in [-0.39, 0.29) is 5.57 Å². The monoisotopic (exact) mass is 362 g/mol. The van der Waals surface area contributed by atoms with Gasteiger partial charge in [-0.2, -0.15) is 14.0 Å². The molecule has 1 aromatic carbocycles. The van der Waals surface area contributed by atoms with Crippen LogP contribution in [0.1, 0.15) is 25.0 Å². The number of hydrogen-bond acceptors (Lipinski definition) is 6. The number of alkyl halides is 2. The summed E-state index contributed by atoms with van der Waals surface area (Å²) in [5.74, 6) is -5.00. The Balaban J connectivity index is 3.20. The minimum absolute atomic E-state index is 0.248. The molecule has 0 saturated carbocycles. The molecular weight excluding hydrogens is 342 g/mol. The Kier molecular flexibility index (Phi) is 6.96. The number of nitrogens with two attached hydrogens (primary N) is 1. The Morgan fingerprint density at radius 2 is 2.08 bits per heavy atom. The van der Waals surface area contributed by atoms with Crippen LogP contribution in [0, 0.1) is 22.1 Å². The van der Waals surface area contributed by atoms with Crippen LogP contribution in [0.5, 0.6) is 0 Å². The average molecular weight is 362 g/mol. The van der Waals surface area contributed by atoms with Gasteiger partial charge in [-0.3, -0.25) is 4.79 Å². The molecule has 2 atom stereocenters. The smallest absolute Gasteiger partial charge is 0.321 e. The molecular formula is C17H20F2N6O. The molecule has 6 N–H and O–H groups in total. The largest absolute Gasteiger partial charge is 0.404 e. The van der Waals surface area contributed by atoms with E-state index in [2.05, 4.69) is 10.6 Å². The third-order valence-corrected chi connectivity index (χ3v) is 3.62. The van der Waals surface area contributed by atoms with Gasteiger partial charge in [-0.15, -0.1) is 0 Å². The molecule has 0 aliphatic heterocycles. The molecule has 138 valence electrons. The van der Waals surface area contributed by atoms with E-state index in [1.165, 1.54) is 19.1 Å². The number of nitrogens with one attached hydrogen (secondary N) is 4. The van der Waals surface area contributed by atoms with Gasteiger partial charge in [0.05, 0.1) is 23.7 Å². The van der Waals surface area contributed by atoms with E-state index in [9.17, 15) is 13.6 Å². The van der Waals surface area contributed by atoms with Gasteiger partial charge >= 0.3 is 5.92 Å². The van der Waals surface area contributed by atoms with Gasteiger partial charge in [0.15, 0.2) is 0 Å². The zero-order valence-electron chi connectivity index (χ0n) is 14.3. The first-order chi connectivity index (χ1) is 12.2. The maximum Gasteiger partial charge on any atom is 0.321 e. The average Bonchev–Trinajstić information content (AvgIpc) is 2.60. The third kappa shape index (κ3) is 5.11. The molecule has 0 aliphatic rings. The molecule has 0 saturated heterocycles. The summed E-state index contributed by atoms with van der Waals surface area (Å²) < 4.78 is 26.3. The zero-order valence-corrected chi connectivity index (χ0v) is 14.3. The Labute approximate surface area is 149 Å². The topological polar surface area (TPSA) is 139 Å². The molecule has 0 heterocycles. The van der Waals surface area contributed by atoms with Gasteiger partial charge in [0.2, 0.25) is 0 Å². The molecule has 0 spiro atoms. The van der Waals surface area contributed by atoms with Crippen LogP contribution in [0.15, 0.2) is 30.0 Å². The molecule has 0 aromatic heterocycles. The van der Waals surface area contributed by atoms with E-state index < -0.39 is 23.9 Å². The standard InChI is InChI=1S/C17H20F2N6O/c1-10(24-16(26)17(2,18)19)15(13(8-22)9-23)25-14-4-3-11(6-20)5-12(14)7-21/h3-5,7-10,15,21-22,25H,23H2,1-2H3,(H,24,26)/b13-9+,21-7?,22-8?/t10?,15-/m0/s1. The summed E-state index contributed by atoms with van der Waals surface area (Å²) in [6.07, 6.45) is 3.10. The number of rotatable bonds is 8. The van der Waals surface area contributed by atoms with Crippen LogP contribution in [0.2, 0.25) is 0 Å². The van der Waals surface area contributed by atoms with Gasteiger partial charge in [0.1, 0.15) is 0 Å². The van der Waals surface area contributed by atoms with E-state index in [0.717, 1.165) is 18.6 Å². The lowest BCUT2D eigenvalue weighted by atomic mass is 9.99. The van der Waals surface area contributed by atoms with Gasteiger partial charge < -0.3 is 27.2 Å². The van der Waals surface area contributed by atoms with Gasteiger partial charge in [-0.1, -0.05) is 0 Å². The summed E-state index contributed by atoms with van der Waals surface area (Å²) >= 11 is 0. The molecule has 7 nitrogen and oxygen atoms in total. The van der Waals surface area contributed by atoms with Crippen LogP contribution < -0.4 is 16.4 Å². The van der Waals surface area contributed by atoms with E-state index in [4.69, 9.17) is 21.8 Å². The number of benzene rings is 1. The van der Waals surface area contributed by atoms with Crippen LogP contribution in [0.4, 0.5) is 14.5 Å². The molecule has 1 rings (SSSR count). The molecule has 0 fully saturated rings. The van der Waals surface area contributed by atoms with E-state index in [0.29, 0.717) is 23.7 Å². The highest BCUT2D eigenvalue weighted by molar-refractivity contribution is 5.88. The summed E-state index contributed by atoms with van der Waals surface area (Å²) in [7, 11) is 0. The molecule has 0 radical (unpaired) electrons. The normalized spacial score (nSPS) is 13.9. The number of nitrogens with zero attached hydrogens (tertiary/aromatic N) is 1. The van der Waals surface area contributed by atoms with Crippen molar-refractivity contribution in [2.24, 2.45) is 5.73 Å². The minimum atomic E-state index is -3.55. The fourth-order valence-corrected chi connectivity index (χ4v) is 2.21. The summed E-state index contributed by atoms with van der Waals surface area (Å²) in [5, 5.41) is 29.0. The van der Waals surface area contributed by atoms with Gasteiger partial charge in [-0.05, 0) is 25.1 Å². The van der Waals surface area contributed by atoms with Crippen molar-refractivity contribution in [3.63, 3.8) is 0 Å². The predicted molar refractivity (Wildman–Crippen MR) is 95.7 cm³/mol. The second kappa shape index (κ2) is 8.71. The first kappa shape index (κ1) is 20.8. The van der Waals surface area contributed by atoms with Crippen LogP contribution in [0.3, 0.4) is 0 Å². The van der Waals surface area contributed by atoms with Crippen molar-refractivity contribution in [2.75, 3.05) is 5.32 Å². The van der Waals surface area contributed by atoms with Crippen molar-refractivity contribution in [3.8, 4) is 6.07 Å². The number of anilines is 1. The number of amides is 1. The SMILES string of the molecule is CC(NC(=O)C(C)(F)F)[C@H](Nc1ccc(C#N)cc1C=N)/C(C=N)=C/N. The fraction of sp³-hybridized carbons (Fsp3) is 0.294. The molecule has 0 aliphatic carbocycles. The van der Waals surface area contributed by atoms with E-state index in [1.807, 2.05) is 6.07 Å². The highest BCUT2D eigenvalue weighted by Crippen LogP contribution is 2.20. The quantitative estimate of drug-likeness (QED) is 0.451. The molecule has 1 amide bonds. The van der Waals surface area contributed by atoms with Gasteiger partial charge in [0, 0.05) is 42.4 Å². The molecule has 26 heavy (non-hydrogen) atoms. The lowest BCUT2D eigenvalue weighted by Crippen LogP contribution is -2.50. The van der Waals surface area contributed by atoms with Gasteiger partial charge in [0.25, 0.3) is 5.91 Å². The van der Waals surface area contributed by atoms with Crippen molar-refractivity contribution < 1.29 is 13.6 Å². The van der Waals surface area contributed by atoms with Crippen LogP contribution >= 0.6 is 0 Å². The van der Waals surface area contributed by atoms with Crippen LogP contribution in [-0.4, -0.2) is 36.3 Å². The predicted octanol–water partition coefficient (Wildman–Crippen LogP) is 1.99. The van der Waals surface area contributed by atoms with Crippen molar-refractivity contribution >= 4 is 24.0 Å². The Morgan fingerprint density at radius 1 is 1.42 bits per heavy atom. The highest BCUT2D eigenvalue weighted by atomic mass is 19.3. The number of halogens is 2. The Hall–Kier alpha value is -3.28. The summed E-state index contributed by atoms with van der Waals surface area (Å²) in [6.45, 7) is 1.98.